The molecule has 0 spiro atoms. The molecule has 0 fully saturated rings. The van der Waals surface area contributed by atoms with Crippen molar-refractivity contribution in [2.75, 3.05) is 6.61 Å². The fraction of sp³-hybridized carbons (Fsp3) is 0.364. The Bertz CT molecular complexity index is 363. The van der Waals surface area contributed by atoms with Crippen LogP contribution in [0, 0.1) is 12.7 Å². The van der Waals surface area contributed by atoms with Crippen LogP contribution in [0.4, 0.5) is 4.39 Å². The summed E-state index contributed by atoms with van der Waals surface area (Å²) < 4.78 is 17.9. The summed E-state index contributed by atoms with van der Waals surface area (Å²) >= 11 is 0. The van der Waals surface area contributed by atoms with Gasteiger partial charge in [0.25, 0.3) is 0 Å². The van der Waals surface area contributed by atoms with E-state index in [1.165, 1.54) is 12.1 Å². The van der Waals surface area contributed by atoms with Gasteiger partial charge < -0.3 is 9.84 Å². The van der Waals surface area contributed by atoms with Crippen molar-refractivity contribution in [1.29, 1.82) is 0 Å². The molecule has 0 aliphatic heterocycles. The third-order valence-electron chi connectivity index (χ3n) is 1.96. The molecular formula is C11H13FO3. The number of carbonyl (C=O) groups is 1. The minimum absolute atomic E-state index is 0.0564. The van der Waals surface area contributed by atoms with Crippen molar-refractivity contribution in [3.05, 3.63) is 35.1 Å². The summed E-state index contributed by atoms with van der Waals surface area (Å²) in [5.41, 5.74) is 0.673. The Kier molecular flexibility index (Phi) is 3.80. The summed E-state index contributed by atoms with van der Waals surface area (Å²) in [6.07, 6.45) is -1.55. The van der Waals surface area contributed by atoms with Crippen LogP contribution in [0.15, 0.2) is 18.2 Å². The molecule has 0 heterocycles. The molecule has 1 rings (SSSR count). The lowest BCUT2D eigenvalue weighted by Gasteiger charge is -2.10. The van der Waals surface area contributed by atoms with Crippen molar-refractivity contribution in [1.82, 2.24) is 0 Å². The van der Waals surface area contributed by atoms with E-state index in [1.807, 2.05) is 0 Å². The molecule has 1 aromatic rings. The summed E-state index contributed by atoms with van der Waals surface area (Å²) in [5.74, 6) is -1.43. The molecular weight excluding hydrogens is 199 g/mol. The second-order valence-electron chi connectivity index (χ2n) is 3.18. The van der Waals surface area contributed by atoms with Crippen LogP contribution in [0.3, 0.4) is 0 Å². The predicted octanol–water partition coefficient (Wildman–Crippen LogP) is 1.73. The van der Waals surface area contributed by atoms with E-state index in [0.717, 1.165) is 5.56 Å². The zero-order chi connectivity index (χ0) is 11.4. The van der Waals surface area contributed by atoms with Crippen molar-refractivity contribution in [2.24, 2.45) is 0 Å². The Balaban J connectivity index is 2.91. The van der Waals surface area contributed by atoms with Crippen molar-refractivity contribution in [3.8, 4) is 0 Å². The smallest absolute Gasteiger partial charge is 0.339 e. The first kappa shape index (κ1) is 11.7. The molecule has 0 aromatic heterocycles. The summed E-state index contributed by atoms with van der Waals surface area (Å²) in [7, 11) is 0. The van der Waals surface area contributed by atoms with Gasteiger partial charge in [-0.2, -0.15) is 0 Å². The third kappa shape index (κ3) is 2.76. The normalized spacial score (nSPS) is 12.3. The maximum Gasteiger partial charge on any atom is 0.339 e. The largest absolute Gasteiger partial charge is 0.464 e. The molecule has 0 saturated carbocycles. The molecule has 0 bridgehead atoms. The minimum Gasteiger partial charge on any atom is -0.464 e. The van der Waals surface area contributed by atoms with Crippen molar-refractivity contribution < 1.29 is 19.0 Å². The van der Waals surface area contributed by atoms with Gasteiger partial charge in [0.1, 0.15) is 5.82 Å². The highest BCUT2D eigenvalue weighted by Crippen LogP contribution is 2.19. The lowest BCUT2D eigenvalue weighted by atomic mass is 10.1. The minimum atomic E-state index is -1.55. The Labute approximate surface area is 87.5 Å². The number of esters is 1. The van der Waals surface area contributed by atoms with Gasteiger partial charge in [0, 0.05) is 5.56 Å². The molecule has 0 amide bonds. The van der Waals surface area contributed by atoms with Gasteiger partial charge in [0.2, 0.25) is 0 Å². The van der Waals surface area contributed by atoms with Crippen LogP contribution < -0.4 is 0 Å². The number of carbonyl (C=O) groups excluding carboxylic acids is 1. The van der Waals surface area contributed by atoms with Crippen molar-refractivity contribution in [3.63, 3.8) is 0 Å². The number of ether oxygens (including phenoxy) is 1. The van der Waals surface area contributed by atoms with E-state index < -0.39 is 17.9 Å². The highest BCUT2D eigenvalue weighted by atomic mass is 19.1. The number of benzene rings is 1. The maximum atomic E-state index is 13.3. The molecule has 0 aliphatic carbocycles. The Morgan fingerprint density at radius 2 is 2.27 bits per heavy atom. The molecule has 15 heavy (non-hydrogen) atoms. The number of hydrogen-bond acceptors (Lipinski definition) is 3. The first-order valence-electron chi connectivity index (χ1n) is 4.67. The molecule has 82 valence electrons. The second kappa shape index (κ2) is 4.89. The SMILES string of the molecule is CCOC(=O)C(O)c1ccc(C)cc1F. The van der Waals surface area contributed by atoms with Gasteiger partial charge in [-0.05, 0) is 25.5 Å². The Morgan fingerprint density at radius 1 is 1.60 bits per heavy atom. The van der Waals surface area contributed by atoms with E-state index in [4.69, 9.17) is 0 Å². The highest BCUT2D eigenvalue weighted by molar-refractivity contribution is 5.76. The zero-order valence-electron chi connectivity index (χ0n) is 8.66. The van der Waals surface area contributed by atoms with Crippen LogP contribution in [-0.4, -0.2) is 17.7 Å². The van der Waals surface area contributed by atoms with Gasteiger partial charge in [-0.3, -0.25) is 0 Å². The van der Waals surface area contributed by atoms with E-state index in [-0.39, 0.29) is 12.2 Å². The monoisotopic (exact) mass is 212 g/mol. The summed E-state index contributed by atoms with van der Waals surface area (Å²) in [6, 6.07) is 4.27. The Morgan fingerprint density at radius 3 is 2.80 bits per heavy atom. The second-order valence-corrected chi connectivity index (χ2v) is 3.18. The highest BCUT2D eigenvalue weighted by Gasteiger charge is 2.21. The average Bonchev–Trinajstić information content (AvgIpc) is 2.17. The number of aliphatic hydroxyl groups excluding tert-OH is 1. The van der Waals surface area contributed by atoms with E-state index >= 15 is 0 Å². The summed E-state index contributed by atoms with van der Waals surface area (Å²) in [4.78, 5) is 11.1. The van der Waals surface area contributed by atoms with Gasteiger partial charge in [-0.25, -0.2) is 9.18 Å². The van der Waals surface area contributed by atoms with E-state index in [9.17, 15) is 14.3 Å². The fourth-order valence-corrected chi connectivity index (χ4v) is 1.20. The fourth-order valence-electron chi connectivity index (χ4n) is 1.20. The van der Waals surface area contributed by atoms with Gasteiger partial charge in [0.05, 0.1) is 6.61 Å². The van der Waals surface area contributed by atoms with Crippen LogP contribution in [0.5, 0.6) is 0 Å². The van der Waals surface area contributed by atoms with E-state index in [2.05, 4.69) is 4.74 Å². The lowest BCUT2D eigenvalue weighted by Crippen LogP contribution is -2.16. The zero-order valence-corrected chi connectivity index (χ0v) is 8.66. The molecule has 1 atom stereocenters. The third-order valence-corrected chi connectivity index (χ3v) is 1.96. The van der Waals surface area contributed by atoms with Crippen molar-refractivity contribution >= 4 is 5.97 Å². The first-order valence-corrected chi connectivity index (χ1v) is 4.67. The standard InChI is InChI=1S/C11H13FO3/c1-3-15-11(14)10(13)8-5-4-7(2)6-9(8)12/h4-6,10,13H,3H2,1-2H3. The summed E-state index contributed by atoms with van der Waals surface area (Å²) in [6.45, 7) is 3.50. The van der Waals surface area contributed by atoms with Crippen LogP contribution in [0.25, 0.3) is 0 Å². The quantitative estimate of drug-likeness (QED) is 0.776. The van der Waals surface area contributed by atoms with Gasteiger partial charge in [-0.15, -0.1) is 0 Å². The van der Waals surface area contributed by atoms with Crippen LogP contribution in [0.2, 0.25) is 0 Å². The number of aliphatic hydroxyl groups is 1. The van der Waals surface area contributed by atoms with E-state index in [0.29, 0.717) is 0 Å². The number of aryl methyl sites for hydroxylation is 1. The van der Waals surface area contributed by atoms with Crippen LogP contribution in [-0.2, 0) is 9.53 Å². The molecule has 0 aliphatic rings. The molecule has 1 N–H and O–H groups in total. The number of rotatable bonds is 3. The van der Waals surface area contributed by atoms with Gasteiger partial charge in [-0.1, -0.05) is 12.1 Å². The maximum absolute atomic E-state index is 13.3. The molecule has 3 nitrogen and oxygen atoms in total. The predicted molar refractivity (Wildman–Crippen MR) is 52.7 cm³/mol. The summed E-state index contributed by atoms with van der Waals surface area (Å²) in [5, 5.41) is 9.48. The molecule has 0 saturated heterocycles. The number of hydrogen-bond donors (Lipinski definition) is 1. The molecule has 1 aromatic carbocycles. The van der Waals surface area contributed by atoms with Crippen LogP contribution >= 0.6 is 0 Å². The van der Waals surface area contributed by atoms with Crippen LogP contribution in [0.1, 0.15) is 24.2 Å². The molecule has 0 radical (unpaired) electrons. The number of halogens is 1. The van der Waals surface area contributed by atoms with E-state index in [1.54, 1.807) is 19.9 Å². The first-order chi connectivity index (χ1) is 7.06. The van der Waals surface area contributed by atoms with Gasteiger partial charge in [0.15, 0.2) is 6.10 Å². The van der Waals surface area contributed by atoms with Crippen molar-refractivity contribution in [2.45, 2.75) is 20.0 Å². The molecule has 1 unspecified atom stereocenters. The Hall–Kier alpha value is -1.42. The topological polar surface area (TPSA) is 46.5 Å². The average molecular weight is 212 g/mol. The molecule has 4 heteroatoms. The van der Waals surface area contributed by atoms with Gasteiger partial charge >= 0.3 is 5.97 Å². The lowest BCUT2D eigenvalue weighted by molar-refractivity contribution is -0.153.